The van der Waals surface area contributed by atoms with E-state index >= 15 is 0 Å². The SMILES string of the molecule is O=C(COC(=O)c1cc2c(s1)CCCCC2)NC[C@H]1CCCO1. The highest BCUT2D eigenvalue weighted by Gasteiger charge is 2.19. The molecule has 126 valence electrons. The first-order chi connectivity index (χ1) is 11.2. The quantitative estimate of drug-likeness (QED) is 0.662. The van der Waals surface area contributed by atoms with Gasteiger partial charge >= 0.3 is 5.97 Å². The van der Waals surface area contributed by atoms with Crippen LogP contribution in [0.3, 0.4) is 0 Å². The molecule has 23 heavy (non-hydrogen) atoms. The second-order valence-corrected chi connectivity index (χ2v) is 7.27. The topological polar surface area (TPSA) is 64.6 Å². The normalized spacial score (nSPS) is 20.6. The van der Waals surface area contributed by atoms with Gasteiger partial charge in [0.2, 0.25) is 0 Å². The molecule has 0 saturated carbocycles. The van der Waals surface area contributed by atoms with Crippen LogP contribution < -0.4 is 5.32 Å². The smallest absolute Gasteiger partial charge is 0.348 e. The molecule has 1 aromatic heterocycles. The Kier molecular flexibility index (Phi) is 5.67. The molecule has 0 spiro atoms. The van der Waals surface area contributed by atoms with Gasteiger partial charge < -0.3 is 14.8 Å². The number of thiophene rings is 1. The van der Waals surface area contributed by atoms with Crippen LogP contribution in [0.25, 0.3) is 0 Å². The maximum absolute atomic E-state index is 12.1. The summed E-state index contributed by atoms with van der Waals surface area (Å²) < 4.78 is 10.6. The van der Waals surface area contributed by atoms with Gasteiger partial charge in [0.15, 0.2) is 6.61 Å². The van der Waals surface area contributed by atoms with Crippen molar-refractivity contribution in [2.24, 2.45) is 0 Å². The molecule has 0 bridgehead atoms. The minimum Gasteiger partial charge on any atom is -0.451 e. The Morgan fingerprint density at radius 2 is 2.13 bits per heavy atom. The molecule has 0 unspecified atom stereocenters. The lowest BCUT2D eigenvalue weighted by molar-refractivity contribution is -0.124. The van der Waals surface area contributed by atoms with Gasteiger partial charge in [-0.2, -0.15) is 0 Å². The van der Waals surface area contributed by atoms with Crippen LogP contribution in [0.4, 0.5) is 0 Å². The van der Waals surface area contributed by atoms with Crippen LogP contribution in [0, 0.1) is 0 Å². The predicted octanol–water partition coefficient (Wildman–Crippen LogP) is 2.47. The van der Waals surface area contributed by atoms with Crippen molar-refractivity contribution in [3.05, 3.63) is 21.4 Å². The van der Waals surface area contributed by atoms with Gasteiger partial charge in [0.1, 0.15) is 4.88 Å². The number of amides is 1. The van der Waals surface area contributed by atoms with Gasteiger partial charge in [-0.05, 0) is 50.2 Å². The molecule has 1 aromatic rings. The average Bonchev–Trinajstić information content (AvgIpc) is 3.16. The van der Waals surface area contributed by atoms with E-state index < -0.39 is 5.97 Å². The molecule has 1 aliphatic carbocycles. The van der Waals surface area contributed by atoms with Gasteiger partial charge in [-0.3, -0.25) is 4.79 Å². The molecule has 1 N–H and O–H groups in total. The minimum absolute atomic E-state index is 0.0996. The number of nitrogens with one attached hydrogen (secondary N) is 1. The maximum Gasteiger partial charge on any atom is 0.348 e. The number of fused-ring (bicyclic) bond motifs is 1. The Hall–Kier alpha value is -1.40. The summed E-state index contributed by atoms with van der Waals surface area (Å²) in [5, 5.41) is 2.75. The standard InChI is InChI=1S/C17H23NO4S/c19-16(18-10-13-6-4-8-21-13)11-22-17(20)15-9-12-5-2-1-3-7-14(12)23-15/h9,13H,1-8,10-11H2,(H,18,19)/t13-/m1/s1. The summed E-state index contributed by atoms with van der Waals surface area (Å²) in [4.78, 5) is 25.7. The van der Waals surface area contributed by atoms with Crippen molar-refractivity contribution in [3.8, 4) is 0 Å². The van der Waals surface area contributed by atoms with Crippen molar-refractivity contribution in [1.29, 1.82) is 0 Å². The molecule has 3 rings (SSSR count). The Morgan fingerprint density at radius 1 is 1.26 bits per heavy atom. The zero-order chi connectivity index (χ0) is 16.1. The third-order valence-electron chi connectivity index (χ3n) is 4.33. The monoisotopic (exact) mass is 337 g/mol. The van der Waals surface area contributed by atoms with Crippen LogP contribution in [-0.2, 0) is 27.1 Å². The highest BCUT2D eigenvalue weighted by atomic mass is 32.1. The maximum atomic E-state index is 12.1. The van der Waals surface area contributed by atoms with E-state index in [1.54, 1.807) is 0 Å². The third kappa shape index (κ3) is 4.54. The number of esters is 1. The van der Waals surface area contributed by atoms with Crippen LogP contribution in [0.2, 0.25) is 0 Å². The fourth-order valence-electron chi connectivity index (χ4n) is 3.05. The van der Waals surface area contributed by atoms with Gasteiger partial charge in [0.25, 0.3) is 5.91 Å². The summed E-state index contributed by atoms with van der Waals surface area (Å²) in [7, 11) is 0. The fourth-order valence-corrected chi connectivity index (χ4v) is 4.20. The fraction of sp³-hybridized carbons (Fsp3) is 0.647. The summed E-state index contributed by atoms with van der Waals surface area (Å²) in [5.41, 5.74) is 1.28. The average molecular weight is 337 g/mol. The Balaban J connectivity index is 1.44. The number of aryl methyl sites for hydroxylation is 2. The molecule has 5 nitrogen and oxygen atoms in total. The van der Waals surface area contributed by atoms with Gasteiger partial charge in [-0.25, -0.2) is 4.79 Å². The molecule has 1 aliphatic heterocycles. The van der Waals surface area contributed by atoms with E-state index in [9.17, 15) is 9.59 Å². The second-order valence-electron chi connectivity index (χ2n) is 6.13. The molecule has 1 amide bonds. The highest BCUT2D eigenvalue weighted by molar-refractivity contribution is 7.14. The molecule has 6 heteroatoms. The highest BCUT2D eigenvalue weighted by Crippen LogP contribution is 2.29. The Labute approximate surface area is 140 Å². The van der Waals surface area contributed by atoms with Crippen molar-refractivity contribution in [3.63, 3.8) is 0 Å². The number of ether oxygens (including phenoxy) is 2. The van der Waals surface area contributed by atoms with Crippen molar-refractivity contribution in [2.45, 2.75) is 51.0 Å². The summed E-state index contributed by atoms with van der Waals surface area (Å²) in [5.74, 6) is -0.665. The lowest BCUT2D eigenvalue weighted by Gasteiger charge is -2.10. The van der Waals surface area contributed by atoms with Gasteiger partial charge in [0, 0.05) is 18.0 Å². The van der Waals surface area contributed by atoms with E-state index in [0.717, 1.165) is 32.3 Å². The van der Waals surface area contributed by atoms with E-state index in [1.807, 2.05) is 6.07 Å². The molecular formula is C17H23NO4S. The van der Waals surface area contributed by atoms with Crippen LogP contribution >= 0.6 is 11.3 Å². The van der Waals surface area contributed by atoms with Gasteiger partial charge in [0.05, 0.1) is 6.10 Å². The molecular weight excluding hydrogens is 314 g/mol. The number of carbonyl (C=O) groups excluding carboxylic acids is 2. The summed E-state index contributed by atoms with van der Waals surface area (Å²) in [6.07, 6.45) is 7.83. The molecule has 1 saturated heterocycles. The Bertz CT molecular complexity index is 539. The van der Waals surface area contributed by atoms with E-state index in [2.05, 4.69) is 5.32 Å². The first kappa shape index (κ1) is 16.5. The lowest BCUT2D eigenvalue weighted by atomic mass is 10.1. The molecule has 2 aliphatic rings. The summed E-state index contributed by atoms with van der Waals surface area (Å²) in [6.45, 7) is 1.02. The summed E-state index contributed by atoms with van der Waals surface area (Å²) in [6, 6.07) is 1.94. The number of hydrogen-bond donors (Lipinski definition) is 1. The van der Waals surface area contributed by atoms with Crippen LogP contribution in [0.15, 0.2) is 6.07 Å². The van der Waals surface area contributed by atoms with E-state index in [-0.39, 0.29) is 18.6 Å². The first-order valence-electron chi connectivity index (χ1n) is 8.39. The molecule has 2 heterocycles. The lowest BCUT2D eigenvalue weighted by Crippen LogP contribution is -2.34. The van der Waals surface area contributed by atoms with Crippen molar-refractivity contribution in [2.75, 3.05) is 19.8 Å². The van der Waals surface area contributed by atoms with Gasteiger partial charge in [-0.1, -0.05) is 6.42 Å². The van der Waals surface area contributed by atoms with Crippen molar-refractivity contribution in [1.82, 2.24) is 5.32 Å². The van der Waals surface area contributed by atoms with E-state index in [4.69, 9.17) is 9.47 Å². The Morgan fingerprint density at radius 3 is 2.96 bits per heavy atom. The third-order valence-corrected chi connectivity index (χ3v) is 5.55. The summed E-state index contributed by atoms with van der Waals surface area (Å²) >= 11 is 1.52. The van der Waals surface area contributed by atoms with Crippen molar-refractivity contribution >= 4 is 23.2 Å². The molecule has 0 aromatic carbocycles. The zero-order valence-corrected chi connectivity index (χ0v) is 14.1. The second kappa shape index (κ2) is 7.93. The van der Waals surface area contributed by atoms with Crippen LogP contribution in [-0.4, -0.2) is 37.7 Å². The van der Waals surface area contributed by atoms with Crippen LogP contribution in [0.5, 0.6) is 0 Å². The zero-order valence-electron chi connectivity index (χ0n) is 13.3. The number of rotatable bonds is 5. The van der Waals surface area contributed by atoms with E-state index in [0.29, 0.717) is 11.4 Å². The minimum atomic E-state index is -0.393. The van der Waals surface area contributed by atoms with E-state index in [1.165, 1.54) is 41.0 Å². The number of hydrogen-bond acceptors (Lipinski definition) is 5. The largest absolute Gasteiger partial charge is 0.451 e. The predicted molar refractivity (Wildman–Crippen MR) is 87.8 cm³/mol. The first-order valence-corrected chi connectivity index (χ1v) is 9.21. The molecule has 1 fully saturated rings. The van der Waals surface area contributed by atoms with Gasteiger partial charge in [-0.15, -0.1) is 11.3 Å². The van der Waals surface area contributed by atoms with Crippen molar-refractivity contribution < 1.29 is 19.1 Å². The number of carbonyl (C=O) groups is 2. The molecule has 0 radical (unpaired) electrons. The molecule has 1 atom stereocenters. The van der Waals surface area contributed by atoms with Crippen LogP contribution in [0.1, 0.15) is 52.2 Å².